The number of phenols is 1. The molecule has 4 N–H and O–H groups in total. The summed E-state index contributed by atoms with van der Waals surface area (Å²) in [6.45, 7) is 0. The summed E-state index contributed by atoms with van der Waals surface area (Å²) in [6.07, 6.45) is 1.08. The van der Waals surface area contributed by atoms with Crippen LogP contribution in [0.15, 0.2) is 23.1 Å². The lowest BCUT2D eigenvalue weighted by Crippen LogP contribution is -2.50. The van der Waals surface area contributed by atoms with Crippen LogP contribution in [0.2, 0.25) is 0 Å². The lowest BCUT2D eigenvalue weighted by Gasteiger charge is -2.32. The first-order chi connectivity index (χ1) is 8.79. The molecule has 0 aliphatic heterocycles. The molecule has 0 saturated heterocycles. The first kappa shape index (κ1) is 13.7. The predicted molar refractivity (Wildman–Crippen MR) is 66.1 cm³/mol. The highest BCUT2D eigenvalue weighted by molar-refractivity contribution is 7.89. The van der Waals surface area contributed by atoms with Crippen molar-refractivity contribution in [3.8, 4) is 5.75 Å². The van der Waals surface area contributed by atoms with Crippen LogP contribution < -0.4 is 10.5 Å². The predicted octanol–water partition coefficient (Wildman–Crippen LogP) is 0.0684. The molecule has 1 aromatic rings. The van der Waals surface area contributed by atoms with Crippen molar-refractivity contribution >= 4 is 15.7 Å². The van der Waals surface area contributed by atoms with Gasteiger partial charge in [-0.1, -0.05) is 0 Å². The average molecular weight is 287 g/mol. The molecule has 0 radical (unpaired) electrons. The van der Waals surface area contributed by atoms with Crippen LogP contribution in [0.1, 0.15) is 12.8 Å². The van der Waals surface area contributed by atoms with Crippen LogP contribution in [0.3, 0.4) is 0 Å². The Morgan fingerprint density at radius 2 is 2.05 bits per heavy atom. The zero-order valence-electron chi connectivity index (χ0n) is 9.81. The Morgan fingerprint density at radius 1 is 1.42 bits per heavy atom. The lowest BCUT2D eigenvalue weighted by atomic mass is 9.89. The SMILES string of the molecule is NC1CC(NS(=O)(=O)c2ccc(O)c([N+](=O)[O-])c2)C1. The second-order valence-corrected chi connectivity index (χ2v) is 6.17. The van der Waals surface area contributed by atoms with E-state index in [1.165, 1.54) is 0 Å². The maximum Gasteiger partial charge on any atom is 0.312 e. The zero-order chi connectivity index (χ0) is 14.2. The Kier molecular flexibility index (Phi) is 3.43. The van der Waals surface area contributed by atoms with Gasteiger partial charge >= 0.3 is 5.69 Å². The van der Waals surface area contributed by atoms with Gasteiger partial charge in [-0.25, -0.2) is 13.1 Å². The number of nitrogens with one attached hydrogen (secondary N) is 1. The summed E-state index contributed by atoms with van der Waals surface area (Å²) in [4.78, 5) is 9.56. The monoisotopic (exact) mass is 287 g/mol. The number of nitrogens with zero attached hydrogens (tertiary/aromatic N) is 1. The molecule has 1 aliphatic rings. The second-order valence-electron chi connectivity index (χ2n) is 4.46. The average Bonchev–Trinajstić information content (AvgIpc) is 2.26. The summed E-state index contributed by atoms with van der Waals surface area (Å²) < 4.78 is 26.4. The smallest absolute Gasteiger partial charge is 0.312 e. The molecule has 0 amide bonds. The summed E-state index contributed by atoms with van der Waals surface area (Å²) in [5.74, 6) is -0.574. The van der Waals surface area contributed by atoms with Gasteiger partial charge in [0, 0.05) is 18.2 Å². The minimum atomic E-state index is -3.84. The van der Waals surface area contributed by atoms with Crippen LogP contribution in [-0.2, 0) is 10.0 Å². The van der Waals surface area contributed by atoms with Crippen molar-refractivity contribution in [2.75, 3.05) is 0 Å². The number of sulfonamides is 1. The Labute approximate surface area is 109 Å². The van der Waals surface area contributed by atoms with E-state index in [1.807, 2.05) is 0 Å². The molecule has 1 fully saturated rings. The number of rotatable bonds is 4. The second kappa shape index (κ2) is 4.76. The number of hydrogen-bond acceptors (Lipinski definition) is 6. The molecule has 8 nitrogen and oxygen atoms in total. The fourth-order valence-electron chi connectivity index (χ4n) is 1.86. The fourth-order valence-corrected chi connectivity index (χ4v) is 3.14. The highest BCUT2D eigenvalue weighted by Crippen LogP contribution is 2.29. The number of nitro groups is 1. The molecule has 0 bridgehead atoms. The number of nitro benzene ring substituents is 1. The Hall–Kier alpha value is -1.71. The van der Waals surface area contributed by atoms with Gasteiger partial charge in [0.2, 0.25) is 10.0 Å². The normalized spacial score (nSPS) is 22.8. The summed E-state index contributed by atoms with van der Waals surface area (Å²) in [5, 5.41) is 19.9. The molecule has 0 atom stereocenters. The summed E-state index contributed by atoms with van der Waals surface area (Å²) in [7, 11) is -3.84. The Bertz CT molecular complexity index is 610. The Morgan fingerprint density at radius 3 is 2.58 bits per heavy atom. The molecule has 19 heavy (non-hydrogen) atoms. The van der Waals surface area contributed by atoms with Gasteiger partial charge in [0.25, 0.3) is 0 Å². The van der Waals surface area contributed by atoms with Crippen LogP contribution in [0.5, 0.6) is 5.75 Å². The minimum absolute atomic E-state index is 0.0122. The molecule has 0 unspecified atom stereocenters. The number of benzene rings is 1. The number of phenolic OH excluding ortho intramolecular Hbond substituents is 1. The van der Waals surface area contributed by atoms with Crippen molar-refractivity contribution in [3.63, 3.8) is 0 Å². The largest absolute Gasteiger partial charge is 0.502 e. The standard InChI is InChI=1S/C10H13N3O5S/c11-6-3-7(4-6)12-19(17,18)8-1-2-10(14)9(5-8)13(15)16/h1-2,5-7,12,14H,3-4,11H2. The van der Waals surface area contributed by atoms with Gasteiger partial charge < -0.3 is 10.8 Å². The highest BCUT2D eigenvalue weighted by Gasteiger charge is 2.31. The number of hydrogen-bond donors (Lipinski definition) is 3. The van der Waals surface area contributed by atoms with Crippen molar-refractivity contribution in [1.29, 1.82) is 0 Å². The third kappa shape index (κ3) is 2.83. The van der Waals surface area contributed by atoms with Gasteiger partial charge in [-0.3, -0.25) is 10.1 Å². The van der Waals surface area contributed by atoms with E-state index in [1.54, 1.807) is 0 Å². The van der Waals surface area contributed by atoms with Gasteiger partial charge in [-0.2, -0.15) is 0 Å². The summed E-state index contributed by atoms with van der Waals surface area (Å²) in [5.41, 5.74) is 4.91. The molecule has 0 spiro atoms. The highest BCUT2D eigenvalue weighted by atomic mass is 32.2. The molecule has 1 aromatic carbocycles. The maximum atomic E-state index is 12.0. The van der Waals surface area contributed by atoms with Crippen LogP contribution in [0, 0.1) is 10.1 Å². The van der Waals surface area contributed by atoms with Gasteiger partial charge in [0.1, 0.15) is 0 Å². The fraction of sp³-hybridized carbons (Fsp3) is 0.400. The van der Waals surface area contributed by atoms with Crippen molar-refractivity contribution in [2.24, 2.45) is 5.73 Å². The molecular weight excluding hydrogens is 274 g/mol. The molecule has 9 heteroatoms. The van der Waals surface area contributed by atoms with Gasteiger partial charge in [0.05, 0.1) is 9.82 Å². The molecule has 0 aromatic heterocycles. The van der Waals surface area contributed by atoms with E-state index < -0.39 is 26.4 Å². The van der Waals surface area contributed by atoms with Crippen molar-refractivity contribution in [1.82, 2.24) is 4.72 Å². The van der Waals surface area contributed by atoms with E-state index in [0.29, 0.717) is 12.8 Å². The van der Waals surface area contributed by atoms with Gasteiger partial charge in [0.15, 0.2) is 5.75 Å². The molecule has 104 valence electrons. The van der Waals surface area contributed by atoms with E-state index in [-0.39, 0.29) is 17.0 Å². The zero-order valence-corrected chi connectivity index (χ0v) is 10.6. The van der Waals surface area contributed by atoms with Crippen molar-refractivity contribution < 1.29 is 18.4 Å². The topological polar surface area (TPSA) is 136 Å². The van der Waals surface area contributed by atoms with E-state index in [0.717, 1.165) is 18.2 Å². The van der Waals surface area contributed by atoms with E-state index >= 15 is 0 Å². The van der Waals surface area contributed by atoms with Crippen molar-refractivity contribution in [2.45, 2.75) is 29.8 Å². The minimum Gasteiger partial charge on any atom is -0.502 e. The molecule has 1 aliphatic carbocycles. The summed E-state index contributed by atoms with van der Waals surface area (Å²) in [6, 6.07) is 2.67. The first-order valence-corrected chi connectivity index (χ1v) is 7.03. The van der Waals surface area contributed by atoms with Gasteiger partial charge in [-0.05, 0) is 25.0 Å². The van der Waals surface area contributed by atoms with Crippen LogP contribution >= 0.6 is 0 Å². The molecule has 2 rings (SSSR count). The number of nitrogens with two attached hydrogens (primary N) is 1. The summed E-state index contributed by atoms with van der Waals surface area (Å²) >= 11 is 0. The third-order valence-corrected chi connectivity index (χ3v) is 4.47. The van der Waals surface area contributed by atoms with Crippen LogP contribution in [0.25, 0.3) is 0 Å². The number of aromatic hydroxyl groups is 1. The van der Waals surface area contributed by atoms with Gasteiger partial charge in [-0.15, -0.1) is 0 Å². The van der Waals surface area contributed by atoms with Crippen molar-refractivity contribution in [3.05, 3.63) is 28.3 Å². The van der Waals surface area contributed by atoms with Crippen LogP contribution in [0.4, 0.5) is 5.69 Å². The lowest BCUT2D eigenvalue weighted by molar-refractivity contribution is -0.386. The first-order valence-electron chi connectivity index (χ1n) is 5.55. The van der Waals surface area contributed by atoms with E-state index in [4.69, 9.17) is 5.73 Å². The van der Waals surface area contributed by atoms with E-state index in [2.05, 4.69) is 4.72 Å². The maximum absolute atomic E-state index is 12.0. The quantitative estimate of drug-likeness (QED) is 0.529. The van der Waals surface area contributed by atoms with Crippen LogP contribution in [-0.4, -0.2) is 30.5 Å². The van der Waals surface area contributed by atoms with E-state index in [9.17, 15) is 23.6 Å². The Balaban J connectivity index is 2.25. The molecular formula is C10H13N3O5S. The third-order valence-electron chi connectivity index (χ3n) is 2.95. The molecule has 1 saturated carbocycles. The molecule has 0 heterocycles.